The lowest BCUT2D eigenvalue weighted by molar-refractivity contribution is 0.475. The Balaban J connectivity index is 2.09. The van der Waals surface area contributed by atoms with Crippen molar-refractivity contribution in [1.29, 1.82) is 0 Å². The number of hydrogen-bond donors (Lipinski definition) is 0. The van der Waals surface area contributed by atoms with Crippen molar-refractivity contribution in [3.05, 3.63) is 38.3 Å². The highest BCUT2D eigenvalue weighted by Gasteiger charge is 2.24. The summed E-state index contributed by atoms with van der Waals surface area (Å²) in [6.07, 6.45) is 0.746. The molecule has 0 aliphatic carbocycles. The molecule has 18 heavy (non-hydrogen) atoms. The van der Waals surface area contributed by atoms with E-state index in [0.717, 1.165) is 6.42 Å². The minimum Gasteiger partial charge on any atom is -0.206 e. The van der Waals surface area contributed by atoms with Crippen molar-refractivity contribution in [2.24, 2.45) is 0 Å². The van der Waals surface area contributed by atoms with Crippen LogP contribution in [0, 0.1) is 0 Å². The van der Waals surface area contributed by atoms with Gasteiger partial charge in [-0.15, -0.1) is 22.7 Å². The van der Waals surface area contributed by atoms with E-state index in [1.165, 1.54) is 20.5 Å². The fourth-order valence-corrected chi connectivity index (χ4v) is 5.82. The highest BCUT2D eigenvalue weighted by molar-refractivity contribution is 9.10. The van der Waals surface area contributed by atoms with Crippen LogP contribution < -0.4 is 0 Å². The van der Waals surface area contributed by atoms with Gasteiger partial charge in [-0.05, 0) is 45.2 Å². The zero-order valence-corrected chi connectivity index (χ0v) is 13.7. The van der Waals surface area contributed by atoms with Crippen molar-refractivity contribution >= 4 is 48.6 Å². The minimum atomic E-state index is -3.37. The lowest BCUT2D eigenvalue weighted by Crippen LogP contribution is -2.28. The number of rotatable bonds is 5. The van der Waals surface area contributed by atoms with E-state index in [1.54, 1.807) is 29.8 Å². The Morgan fingerprint density at radius 2 is 2.06 bits per heavy atom. The van der Waals surface area contributed by atoms with E-state index in [9.17, 15) is 8.42 Å². The predicted molar refractivity (Wildman–Crippen MR) is 79.9 cm³/mol. The predicted octanol–water partition coefficient (Wildman–Crippen LogP) is 3.44. The van der Waals surface area contributed by atoms with Crippen molar-refractivity contribution in [1.82, 2.24) is 4.31 Å². The van der Waals surface area contributed by atoms with Gasteiger partial charge in [-0.2, -0.15) is 4.31 Å². The van der Waals surface area contributed by atoms with Gasteiger partial charge in [0.1, 0.15) is 4.21 Å². The van der Waals surface area contributed by atoms with Crippen LogP contribution in [0.2, 0.25) is 0 Å². The molecule has 98 valence electrons. The Hall–Kier alpha value is -0.210. The van der Waals surface area contributed by atoms with Gasteiger partial charge in [-0.25, -0.2) is 8.42 Å². The molecular formula is C11H12BrNO2S3. The molecule has 0 bridgehead atoms. The van der Waals surface area contributed by atoms with Crippen molar-refractivity contribution in [3.8, 4) is 0 Å². The molecule has 0 aromatic carbocycles. The zero-order chi connectivity index (χ0) is 13.2. The third-order valence-corrected chi connectivity index (χ3v) is 7.92. The summed E-state index contributed by atoms with van der Waals surface area (Å²) >= 11 is 6.15. The summed E-state index contributed by atoms with van der Waals surface area (Å²) in [6.45, 7) is 0.493. The lowest BCUT2D eigenvalue weighted by atomic mass is 10.3. The molecule has 2 aromatic rings. The first-order valence-corrected chi connectivity index (χ1v) is 9.23. The van der Waals surface area contributed by atoms with Gasteiger partial charge in [0.05, 0.1) is 0 Å². The Morgan fingerprint density at radius 1 is 1.28 bits per heavy atom. The van der Waals surface area contributed by atoms with Crippen LogP contribution in [-0.4, -0.2) is 26.3 Å². The van der Waals surface area contributed by atoms with Crippen LogP contribution in [0.1, 0.15) is 4.88 Å². The third kappa shape index (κ3) is 3.03. The normalized spacial score (nSPS) is 12.2. The lowest BCUT2D eigenvalue weighted by Gasteiger charge is -2.15. The van der Waals surface area contributed by atoms with Gasteiger partial charge >= 0.3 is 0 Å². The Bertz CT molecular complexity index is 604. The summed E-state index contributed by atoms with van der Waals surface area (Å²) in [7, 11) is -1.75. The topological polar surface area (TPSA) is 37.4 Å². The number of sulfonamides is 1. The van der Waals surface area contributed by atoms with Gasteiger partial charge < -0.3 is 0 Å². The molecule has 0 unspecified atom stereocenters. The quantitative estimate of drug-likeness (QED) is 0.813. The molecule has 0 fully saturated rings. The summed E-state index contributed by atoms with van der Waals surface area (Å²) in [6, 6.07) is 5.75. The first kappa shape index (κ1) is 14.2. The first-order valence-electron chi connectivity index (χ1n) is 5.23. The highest BCUT2D eigenvalue weighted by Crippen LogP contribution is 2.29. The highest BCUT2D eigenvalue weighted by atomic mass is 79.9. The van der Waals surface area contributed by atoms with Crippen LogP contribution in [0.3, 0.4) is 0 Å². The molecule has 2 heterocycles. The molecule has 0 saturated carbocycles. The standard InChI is InChI=1S/C11H12BrNO2S3/c1-13(6-4-9-3-2-7-16-9)18(14,15)11-10(12)5-8-17-11/h2-3,5,7-8H,4,6H2,1H3. The second kappa shape index (κ2) is 5.83. The molecule has 0 amide bonds. The van der Waals surface area contributed by atoms with Gasteiger partial charge in [-0.3, -0.25) is 0 Å². The van der Waals surface area contributed by atoms with Gasteiger partial charge in [0.25, 0.3) is 10.0 Å². The van der Waals surface area contributed by atoms with Crippen LogP contribution in [0.4, 0.5) is 0 Å². The first-order chi connectivity index (χ1) is 8.51. The van der Waals surface area contributed by atoms with Crippen LogP contribution in [0.5, 0.6) is 0 Å². The molecule has 0 aliphatic heterocycles. The number of nitrogens with zero attached hydrogens (tertiary/aromatic N) is 1. The monoisotopic (exact) mass is 365 g/mol. The van der Waals surface area contributed by atoms with Gasteiger partial charge in [0.2, 0.25) is 0 Å². The summed E-state index contributed by atoms with van der Waals surface area (Å²) < 4.78 is 27.0. The van der Waals surface area contributed by atoms with E-state index in [1.807, 2.05) is 17.5 Å². The van der Waals surface area contributed by atoms with Gasteiger partial charge in [0, 0.05) is 22.9 Å². The number of halogens is 1. The molecule has 0 aliphatic rings. The molecule has 0 radical (unpaired) electrons. The molecule has 0 atom stereocenters. The van der Waals surface area contributed by atoms with E-state index in [2.05, 4.69) is 15.9 Å². The molecular weight excluding hydrogens is 354 g/mol. The van der Waals surface area contributed by atoms with E-state index in [0.29, 0.717) is 15.2 Å². The van der Waals surface area contributed by atoms with Crippen molar-refractivity contribution < 1.29 is 8.42 Å². The fraction of sp³-hybridized carbons (Fsp3) is 0.273. The second-order valence-corrected chi connectivity index (χ2v) is 8.75. The fourth-order valence-electron chi connectivity index (χ4n) is 1.45. The van der Waals surface area contributed by atoms with E-state index in [-0.39, 0.29) is 0 Å². The van der Waals surface area contributed by atoms with E-state index < -0.39 is 10.0 Å². The van der Waals surface area contributed by atoms with Crippen LogP contribution in [0.15, 0.2) is 37.6 Å². The van der Waals surface area contributed by atoms with E-state index in [4.69, 9.17) is 0 Å². The van der Waals surface area contributed by atoms with Crippen LogP contribution in [-0.2, 0) is 16.4 Å². The molecule has 0 saturated heterocycles. The average Bonchev–Trinajstić information content (AvgIpc) is 2.96. The number of hydrogen-bond acceptors (Lipinski definition) is 4. The summed E-state index contributed by atoms with van der Waals surface area (Å²) in [4.78, 5) is 1.20. The maximum absolute atomic E-state index is 12.3. The van der Waals surface area contributed by atoms with Crippen LogP contribution >= 0.6 is 38.6 Å². The van der Waals surface area contributed by atoms with Crippen LogP contribution in [0.25, 0.3) is 0 Å². The summed E-state index contributed by atoms with van der Waals surface area (Å²) in [5.41, 5.74) is 0. The van der Waals surface area contributed by atoms with E-state index >= 15 is 0 Å². The average molecular weight is 366 g/mol. The molecule has 0 spiro atoms. The molecule has 7 heteroatoms. The second-order valence-electron chi connectivity index (χ2n) is 3.71. The Morgan fingerprint density at radius 3 is 2.61 bits per heavy atom. The summed E-state index contributed by atoms with van der Waals surface area (Å²) in [5.74, 6) is 0. The van der Waals surface area contributed by atoms with Crippen molar-refractivity contribution in [3.63, 3.8) is 0 Å². The molecule has 3 nitrogen and oxygen atoms in total. The molecule has 2 rings (SSSR count). The van der Waals surface area contributed by atoms with Gasteiger partial charge in [0.15, 0.2) is 0 Å². The molecule has 2 aromatic heterocycles. The molecule has 0 N–H and O–H groups in total. The maximum atomic E-state index is 12.3. The summed E-state index contributed by atoms with van der Waals surface area (Å²) in [5, 5.41) is 3.77. The van der Waals surface area contributed by atoms with Crippen molar-refractivity contribution in [2.45, 2.75) is 10.6 Å². The number of likely N-dealkylation sites (N-methyl/N-ethyl adjacent to an activating group) is 1. The third-order valence-electron chi connectivity index (χ3n) is 2.48. The maximum Gasteiger partial charge on any atom is 0.253 e. The Labute approximate surface area is 123 Å². The SMILES string of the molecule is CN(CCc1cccs1)S(=O)(=O)c1sccc1Br. The zero-order valence-electron chi connectivity index (χ0n) is 9.67. The Kier molecular flexibility index (Phi) is 4.60. The van der Waals surface area contributed by atoms with Gasteiger partial charge in [-0.1, -0.05) is 6.07 Å². The smallest absolute Gasteiger partial charge is 0.206 e. The minimum absolute atomic E-state index is 0.371. The van der Waals surface area contributed by atoms with Crippen molar-refractivity contribution in [2.75, 3.05) is 13.6 Å². The number of thiophene rings is 2. The largest absolute Gasteiger partial charge is 0.253 e.